The lowest BCUT2D eigenvalue weighted by Crippen LogP contribution is -2.16. The number of rotatable bonds is 3. The first kappa shape index (κ1) is 16.7. The van der Waals surface area contributed by atoms with Gasteiger partial charge in [-0.2, -0.15) is 0 Å². The number of hydrogen-bond acceptors (Lipinski definition) is 2. The molecule has 0 aliphatic carbocycles. The molecule has 0 amide bonds. The molecule has 2 nitrogen and oxygen atoms in total. The summed E-state index contributed by atoms with van der Waals surface area (Å²) in [6.07, 6.45) is 1.87. The van der Waals surface area contributed by atoms with Gasteiger partial charge in [0.1, 0.15) is 5.75 Å². The Morgan fingerprint density at radius 3 is 2.41 bits per heavy atom. The number of aryl methyl sites for hydroxylation is 1. The maximum Gasteiger partial charge on any atom is 0.126 e. The van der Waals surface area contributed by atoms with Crippen molar-refractivity contribution in [1.29, 1.82) is 0 Å². The van der Waals surface area contributed by atoms with Crippen molar-refractivity contribution in [1.82, 2.24) is 0 Å². The minimum atomic E-state index is 0.0715. The van der Waals surface area contributed by atoms with Crippen molar-refractivity contribution >= 4 is 25.4 Å². The van der Waals surface area contributed by atoms with E-state index in [0.29, 0.717) is 14.3 Å². The quantitative estimate of drug-likeness (QED) is 0.680. The Morgan fingerprint density at radius 1 is 1.09 bits per heavy atom. The smallest absolute Gasteiger partial charge is 0.126 e. The SMILES string of the molecule is C/N=C/c1ccccc1Pc1cc(C(C)(C)C)cc(C)c1O. The fourth-order valence-electron chi connectivity index (χ4n) is 2.32. The molecule has 0 aliphatic heterocycles. The number of aromatic hydroxyl groups is 1. The zero-order valence-corrected chi connectivity index (χ0v) is 14.9. The number of hydrogen-bond donors (Lipinski definition) is 1. The number of benzene rings is 2. The van der Waals surface area contributed by atoms with Crippen LogP contribution in [0.4, 0.5) is 0 Å². The highest BCUT2D eigenvalue weighted by Crippen LogP contribution is 2.29. The monoisotopic (exact) mass is 313 g/mol. The number of aliphatic imine (C=N–C) groups is 1. The van der Waals surface area contributed by atoms with Crippen LogP contribution < -0.4 is 10.6 Å². The lowest BCUT2D eigenvalue weighted by Gasteiger charge is -2.22. The van der Waals surface area contributed by atoms with Crippen LogP contribution in [0.5, 0.6) is 5.75 Å². The first-order chi connectivity index (χ1) is 10.3. The molecule has 0 spiro atoms. The number of phenolic OH excluding ortho intramolecular Hbond substituents is 1. The first-order valence-corrected chi connectivity index (χ1v) is 8.45. The average molecular weight is 313 g/mol. The highest BCUT2D eigenvalue weighted by molar-refractivity contribution is 7.56. The third-order valence-electron chi connectivity index (χ3n) is 3.66. The van der Waals surface area contributed by atoms with Gasteiger partial charge < -0.3 is 5.11 Å². The summed E-state index contributed by atoms with van der Waals surface area (Å²) in [4.78, 5) is 4.12. The molecule has 3 heteroatoms. The Morgan fingerprint density at radius 2 is 1.77 bits per heavy atom. The summed E-state index contributed by atoms with van der Waals surface area (Å²) in [5, 5.41) is 12.6. The zero-order chi connectivity index (χ0) is 16.3. The zero-order valence-electron chi connectivity index (χ0n) is 13.9. The largest absolute Gasteiger partial charge is 0.507 e. The molecule has 0 aromatic heterocycles. The minimum absolute atomic E-state index is 0.0715. The van der Waals surface area contributed by atoms with E-state index in [1.807, 2.05) is 25.3 Å². The standard InChI is InChI=1S/C19H24NOP/c1-13-10-15(19(2,3)4)11-17(18(13)21)22-16-9-7-6-8-14(16)12-20-5/h6-12,21-22H,1-5H3/b20-12+. The van der Waals surface area contributed by atoms with Crippen LogP contribution in [0, 0.1) is 6.92 Å². The van der Waals surface area contributed by atoms with Crippen LogP contribution in [-0.4, -0.2) is 18.4 Å². The van der Waals surface area contributed by atoms with Crippen molar-refractivity contribution in [3.63, 3.8) is 0 Å². The molecule has 116 valence electrons. The molecular formula is C19H24NOP. The van der Waals surface area contributed by atoms with Crippen molar-refractivity contribution in [2.75, 3.05) is 7.05 Å². The molecule has 2 aromatic carbocycles. The lowest BCUT2D eigenvalue weighted by atomic mass is 9.86. The normalized spacial score (nSPS) is 12.6. The van der Waals surface area contributed by atoms with Crippen LogP contribution in [0.3, 0.4) is 0 Å². The molecule has 1 atom stereocenters. The predicted octanol–water partition coefficient (Wildman–Crippen LogP) is 3.68. The summed E-state index contributed by atoms with van der Waals surface area (Å²) in [7, 11) is 2.19. The van der Waals surface area contributed by atoms with Gasteiger partial charge in [-0.1, -0.05) is 59.7 Å². The van der Waals surface area contributed by atoms with Crippen LogP contribution in [0.25, 0.3) is 0 Å². The molecule has 0 heterocycles. The predicted molar refractivity (Wildman–Crippen MR) is 99.1 cm³/mol. The summed E-state index contributed by atoms with van der Waals surface area (Å²) in [5.41, 5.74) is 3.38. The Bertz CT molecular complexity index is 699. The van der Waals surface area contributed by atoms with Gasteiger partial charge in [0.2, 0.25) is 0 Å². The van der Waals surface area contributed by atoms with Crippen LogP contribution in [0.2, 0.25) is 0 Å². The third-order valence-corrected chi connectivity index (χ3v) is 5.04. The molecule has 0 bridgehead atoms. The van der Waals surface area contributed by atoms with E-state index < -0.39 is 0 Å². The molecule has 2 rings (SSSR count). The molecule has 2 aromatic rings. The molecule has 0 fully saturated rings. The average Bonchev–Trinajstić information content (AvgIpc) is 2.45. The second kappa shape index (κ2) is 6.62. The molecule has 1 unspecified atom stereocenters. The van der Waals surface area contributed by atoms with Gasteiger partial charge in [0, 0.05) is 18.6 Å². The second-order valence-electron chi connectivity index (χ2n) is 6.54. The highest BCUT2D eigenvalue weighted by Gasteiger charge is 2.18. The van der Waals surface area contributed by atoms with Gasteiger partial charge in [-0.3, -0.25) is 4.99 Å². The first-order valence-electron chi connectivity index (χ1n) is 7.45. The topological polar surface area (TPSA) is 32.6 Å². The minimum Gasteiger partial charge on any atom is -0.507 e. The summed E-state index contributed by atoms with van der Waals surface area (Å²) in [6.45, 7) is 8.56. The fourth-order valence-corrected chi connectivity index (χ4v) is 3.62. The van der Waals surface area contributed by atoms with Gasteiger partial charge in [0.25, 0.3) is 0 Å². The van der Waals surface area contributed by atoms with E-state index in [2.05, 4.69) is 50.0 Å². The van der Waals surface area contributed by atoms with Gasteiger partial charge >= 0.3 is 0 Å². The molecule has 0 aliphatic rings. The summed E-state index contributed by atoms with van der Waals surface area (Å²) >= 11 is 0. The van der Waals surface area contributed by atoms with E-state index >= 15 is 0 Å². The molecule has 1 N–H and O–H groups in total. The Hall–Kier alpha value is -1.66. The van der Waals surface area contributed by atoms with E-state index in [0.717, 1.165) is 16.4 Å². The van der Waals surface area contributed by atoms with Gasteiger partial charge in [0.15, 0.2) is 0 Å². The van der Waals surface area contributed by atoms with Crippen molar-refractivity contribution < 1.29 is 5.11 Å². The van der Waals surface area contributed by atoms with Gasteiger partial charge in [-0.25, -0.2) is 0 Å². The Labute approximate surface area is 135 Å². The van der Waals surface area contributed by atoms with Crippen LogP contribution >= 0.6 is 8.58 Å². The van der Waals surface area contributed by atoms with Crippen molar-refractivity contribution in [3.05, 3.63) is 53.1 Å². The van der Waals surface area contributed by atoms with E-state index in [1.54, 1.807) is 7.05 Å². The summed E-state index contributed by atoms with van der Waals surface area (Å²) in [6, 6.07) is 12.4. The fraction of sp³-hybridized carbons (Fsp3) is 0.316. The van der Waals surface area contributed by atoms with Crippen molar-refractivity contribution in [2.45, 2.75) is 33.1 Å². The molecule has 0 radical (unpaired) electrons. The number of phenols is 1. The van der Waals surface area contributed by atoms with Crippen molar-refractivity contribution in [2.24, 2.45) is 4.99 Å². The van der Waals surface area contributed by atoms with Crippen molar-refractivity contribution in [3.8, 4) is 5.75 Å². The maximum absolute atomic E-state index is 10.4. The molecular weight excluding hydrogens is 289 g/mol. The third kappa shape index (κ3) is 3.75. The van der Waals surface area contributed by atoms with Crippen LogP contribution in [0.1, 0.15) is 37.5 Å². The van der Waals surface area contributed by atoms with Gasteiger partial charge in [-0.05, 0) is 40.4 Å². The van der Waals surface area contributed by atoms with Gasteiger partial charge in [-0.15, -0.1) is 0 Å². The summed E-state index contributed by atoms with van der Waals surface area (Å²) in [5.74, 6) is 0.412. The highest BCUT2D eigenvalue weighted by atomic mass is 31.1. The van der Waals surface area contributed by atoms with Crippen LogP contribution in [-0.2, 0) is 5.41 Å². The van der Waals surface area contributed by atoms with E-state index in [9.17, 15) is 5.11 Å². The second-order valence-corrected chi connectivity index (χ2v) is 7.87. The Balaban J connectivity index is 2.48. The van der Waals surface area contributed by atoms with E-state index in [4.69, 9.17) is 0 Å². The maximum atomic E-state index is 10.4. The van der Waals surface area contributed by atoms with Gasteiger partial charge in [0.05, 0.1) is 0 Å². The van der Waals surface area contributed by atoms with E-state index in [1.165, 1.54) is 10.9 Å². The lowest BCUT2D eigenvalue weighted by molar-refractivity contribution is 0.474. The van der Waals surface area contributed by atoms with E-state index in [-0.39, 0.29) is 5.41 Å². The summed E-state index contributed by atoms with van der Waals surface area (Å²) < 4.78 is 0. The number of nitrogens with zero attached hydrogens (tertiary/aromatic N) is 1. The Kier molecular flexibility index (Phi) is 5.03. The van der Waals surface area contributed by atoms with Crippen LogP contribution in [0.15, 0.2) is 41.4 Å². The molecule has 22 heavy (non-hydrogen) atoms. The molecule has 0 saturated carbocycles. The molecule has 0 saturated heterocycles.